The lowest BCUT2D eigenvalue weighted by molar-refractivity contribution is -0.210. The van der Waals surface area contributed by atoms with E-state index < -0.39 is 0 Å². The van der Waals surface area contributed by atoms with Gasteiger partial charge in [0.2, 0.25) is 0 Å². The molecular formula is C32H51NO. The summed E-state index contributed by atoms with van der Waals surface area (Å²) < 4.78 is 0. The maximum absolute atomic E-state index is 9.58. The van der Waals surface area contributed by atoms with E-state index >= 15 is 0 Å². The van der Waals surface area contributed by atoms with Crippen LogP contribution in [0, 0.1) is 51.8 Å². The zero-order valence-electron chi connectivity index (χ0n) is 22.5. The average molecular weight is 466 g/mol. The van der Waals surface area contributed by atoms with Crippen LogP contribution in [-0.4, -0.2) is 17.3 Å². The topological polar surface area (TPSA) is 46.2 Å². The van der Waals surface area contributed by atoms with Crippen LogP contribution < -0.4 is 5.73 Å². The molecule has 0 aromatic carbocycles. The molecule has 2 heteroatoms. The predicted octanol–water partition coefficient (Wildman–Crippen LogP) is 7.42. The van der Waals surface area contributed by atoms with Crippen molar-refractivity contribution in [2.24, 2.45) is 57.5 Å². The molecule has 6 rings (SSSR count). The van der Waals surface area contributed by atoms with Crippen molar-refractivity contribution >= 4 is 0 Å². The number of aliphatic hydroxyl groups excluding tert-OH is 1. The molecule has 0 aliphatic heterocycles. The number of nitrogens with two attached hydrogens (primary N) is 1. The summed E-state index contributed by atoms with van der Waals surface area (Å²) in [5, 5.41) is 9.58. The molecule has 0 heterocycles. The monoisotopic (exact) mass is 465 g/mol. The van der Waals surface area contributed by atoms with Gasteiger partial charge in [0.05, 0.1) is 0 Å². The molecule has 0 aromatic rings. The summed E-state index contributed by atoms with van der Waals surface area (Å²) in [5.41, 5.74) is 11.9. The zero-order chi connectivity index (χ0) is 23.9. The van der Waals surface area contributed by atoms with E-state index in [-0.39, 0.29) is 5.54 Å². The Bertz CT molecular complexity index is 889. The first-order valence-electron chi connectivity index (χ1n) is 15.0. The smallest absolute Gasteiger partial charge is 0.0462 e. The van der Waals surface area contributed by atoms with Crippen LogP contribution in [0.1, 0.15) is 111 Å². The van der Waals surface area contributed by atoms with Gasteiger partial charge < -0.3 is 10.8 Å². The van der Waals surface area contributed by atoms with Crippen molar-refractivity contribution in [1.82, 2.24) is 0 Å². The second-order valence-corrected chi connectivity index (χ2v) is 14.7. The van der Waals surface area contributed by atoms with E-state index in [1.807, 2.05) is 0 Å². The number of hydrogen-bond donors (Lipinski definition) is 2. The quantitative estimate of drug-likeness (QED) is 0.446. The Hall–Kier alpha value is -0.600. The van der Waals surface area contributed by atoms with E-state index in [2.05, 4.69) is 39.8 Å². The number of fused-ring (bicyclic) bond motifs is 7. The van der Waals surface area contributed by atoms with Gasteiger partial charge in [0.1, 0.15) is 0 Å². The molecular weight excluding hydrogens is 414 g/mol. The number of hydrogen-bond acceptors (Lipinski definition) is 2. The summed E-state index contributed by atoms with van der Waals surface area (Å²) in [5.74, 6) is 4.49. The first-order chi connectivity index (χ1) is 16.2. The first-order valence-corrected chi connectivity index (χ1v) is 15.0. The largest absolute Gasteiger partial charge is 0.396 e. The molecule has 10 atom stereocenters. The minimum Gasteiger partial charge on any atom is -0.396 e. The Balaban J connectivity index is 1.30. The van der Waals surface area contributed by atoms with Crippen molar-refractivity contribution in [2.75, 3.05) is 6.61 Å². The van der Waals surface area contributed by atoms with Crippen LogP contribution in [0.5, 0.6) is 0 Å². The van der Waals surface area contributed by atoms with Crippen LogP contribution in [0.4, 0.5) is 0 Å². The van der Waals surface area contributed by atoms with Gasteiger partial charge in [-0.3, -0.25) is 0 Å². The fourth-order valence-corrected chi connectivity index (χ4v) is 11.6. The molecule has 0 spiro atoms. The van der Waals surface area contributed by atoms with E-state index in [4.69, 9.17) is 5.73 Å². The highest BCUT2D eigenvalue weighted by atomic mass is 16.3. The van der Waals surface area contributed by atoms with E-state index in [0.717, 1.165) is 30.1 Å². The van der Waals surface area contributed by atoms with Gasteiger partial charge in [0.15, 0.2) is 0 Å². The Morgan fingerprint density at radius 1 is 0.882 bits per heavy atom. The Morgan fingerprint density at radius 2 is 1.71 bits per heavy atom. The fraction of sp³-hybridized carbons (Fsp3) is 0.875. The van der Waals surface area contributed by atoms with Crippen molar-refractivity contribution in [3.63, 3.8) is 0 Å². The number of allylic oxidation sites excluding steroid dienone is 4. The Kier molecular flexibility index (Phi) is 5.56. The average Bonchev–Trinajstić information content (AvgIpc) is 3.22. The van der Waals surface area contributed by atoms with Gasteiger partial charge in [0, 0.05) is 12.1 Å². The van der Waals surface area contributed by atoms with Gasteiger partial charge in [0.25, 0.3) is 0 Å². The SMILES string of the molecule is CC1C(C2=CCC(CO)CC2)=CCC2(C)C1CCC1(C)C2CCC2C3CCCC3(N)CC[C@]21C. The Labute approximate surface area is 209 Å². The third-order valence-electron chi connectivity index (χ3n) is 13.8. The van der Waals surface area contributed by atoms with Crippen molar-refractivity contribution in [3.8, 4) is 0 Å². The summed E-state index contributed by atoms with van der Waals surface area (Å²) >= 11 is 0. The molecule has 6 aliphatic carbocycles. The molecule has 3 N–H and O–H groups in total. The van der Waals surface area contributed by atoms with Gasteiger partial charge in [-0.25, -0.2) is 0 Å². The summed E-state index contributed by atoms with van der Waals surface area (Å²) in [7, 11) is 0. The Morgan fingerprint density at radius 3 is 2.44 bits per heavy atom. The van der Waals surface area contributed by atoms with Crippen LogP contribution in [0.25, 0.3) is 0 Å². The van der Waals surface area contributed by atoms with E-state index in [0.29, 0.717) is 34.7 Å². The summed E-state index contributed by atoms with van der Waals surface area (Å²) in [4.78, 5) is 0. The van der Waals surface area contributed by atoms with Gasteiger partial charge in [-0.2, -0.15) is 0 Å². The molecule has 0 bridgehead atoms. The van der Waals surface area contributed by atoms with Crippen LogP contribution in [0.15, 0.2) is 23.3 Å². The van der Waals surface area contributed by atoms with E-state index in [1.54, 1.807) is 11.1 Å². The third-order valence-corrected chi connectivity index (χ3v) is 13.8. The van der Waals surface area contributed by atoms with E-state index in [1.165, 1.54) is 77.0 Å². The maximum atomic E-state index is 9.58. The van der Waals surface area contributed by atoms with Crippen molar-refractivity contribution < 1.29 is 5.11 Å². The normalized spacial score (nSPS) is 54.8. The first kappa shape index (κ1) is 23.8. The lowest BCUT2D eigenvalue weighted by Crippen LogP contribution is -2.66. The van der Waals surface area contributed by atoms with Crippen LogP contribution in [-0.2, 0) is 0 Å². The molecule has 34 heavy (non-hydrogen) atoms. The molecule has 190 valence electrons. The van der Waals surface area contributed by atoms with Crippen molar-refractivity contribution in [2.45, 2.75) is 117 Å². The molecule has 9 unspecified atom stereocenters. The highest BCUT2D eigenvalue weighted by Crippen LogP contribution is 2.74. The summed E-state index contributed by atoms with van der Waals surface area (Å²) in [6, 6.07) is 0. The number of rotatable bonds is 2. The standard InChI is InChI=1S/C32H51NO/c1-21-24(23-9-7-22(20-34)8-10-23)13-16-29(2)25(21)14-17-31(4)28(29)12-11-26-27-6-5-15-32(27,33)19-18-30(26,31)3/h9,13,21-22,25-28,34H,5-8,10-12,14-20,33H2,1-4H3/t21?,22?,25?,26?,27?,28?,29?,30-,31?,32?/m1/s1. The predicted molar refractivity (Wildman–Crippen MR) is 141 cm³/mol. The van der Waals surface area contributed by atoms with Gasteiger partial charge >= 0.3 is 0 Å². The zero-order valence-corrected chi connectivity index (χ0v) is 22.5. The second-order valence-electron chi connectivity index (χ2n) is 14.7. The van der Waals surface area contributed by atoms with Gasteiger partial charge in [-0.05, 0) is 140 Å². The van der Waals surface area contributed by atoms with Gasteiger partial charge in [-0.15, -0.1) is 0 Å². The van der Waals surface area contributed by atoms with Gasteiger partial charge in [-0.1, -0.05) is 46.3 Å². The third kappa shape index (κ3) is 3.06. The minimum absolute atomic E-state index is 0.161. The van der Waals surface area contributed by atoms with Crippen molar-refractivity contribution in [1.29, 1.82) is 0 Å². The number of aliphatic hydroxyl groups is 1. The fourth-order valence-electron chi connectivity index (χ4n) is 11.6. The van der Waals surface area contributed by atoms with Crippen molar-refractivity contribution in [3.05, 3.63) is 23.3 Å². The summed E-state index contributed by atoms with van der Waals surface area (Å²) in [6.07, 6.45) is 22.3. The molecule has 0 radical (unpaired) electrons. The second kappa shape index (κ2) is 7.95. The maximum Gasteiger partial charge on any atom is 0.0462 e. The molecule has 0 saturated heterocycles. The highest BCUT2D eigenvalue weighted by Gasteiger charge is 2.68. The minimum atomic E-state index is 0.161. The van der Waals surface area contributed by atoms with Crippen LogP contribution >= 0.6 is 0 Å². The van der Waals surface area contributed by atoms with Crippen LogP contribution in [0.2, 0.25) is 0 Å². The molecule has 2 nitrogen and oxygen atoms in total. The van der Waals surface area contributed by atoms with E-state index in [9.17, 15) is 5.11 Å². The lowest BCUT2D eigenvalue weighted by atomic mass is 9.34. The summed E-state index contributed by atoms with van der Waals surface area (Å²) in [6.45, 7) is 11.1. The molecule has 0 amide bonds. The van der Waals surface area contributed by atoms with Crippen LogP contribution in [0.3, 0.4) is 0 Å². The molecule has 4 fully saturated rings. The lowest BCUT2D eigenvalue weighted by Gasteiger charge is -2.71. The highest BCUT2D eigenvalue weighted by molar-refractivity contribution is 5.38. The molecule has 0 aromatic heterocycles. The molecule has 4 saturated carbocycles. The molecule has 6 aliphatic rings.